The van der Waals surface area contributed by atoms with Crippen LogP contribution in [0, 0.1) is 0 Å². The van der Waals surface area contributed by atoms with E-state index in [0.717, 1.165) is 17.7 Å². The number of carbonyl (C=O) groups excluding carboxylic acids is 2. The Morgan fingerprint density at radius 3 is 2.96 bits per heavy atom. The molecule has 1 aromatic carbocycles. The van der Waals surface area contributed by atoms with Crippen LogP contribution in [0.2, 0.25) is 0 Å². The molecule has 2 aromatic rings. The number of ether oxygens (including phenoxy) is 1. The number of H-pyrrole nitrogens is 1. The summed E-state index contributed by atoms with van der Waals surface area (Å²) in [5.74, 6) is -0.245. The van der Waals surface area contributed by atoms with Crippen molar-refractivity contribution in [3.8, 4) is 11.3 Å². The van der Waals surface area contributed by atoms with Gasteiger partial charge in [-0.2, -0.15) is 5.10 Å². The number of aromatic amines is 1. The first-order chi connectivity index (χ1) is 11.2. The molecule has 7 nitrogen and oxygen atoms in total. The van der Waals surface area contributed by atoms with Crippen LogP contribution in [0.5, 0.6) is 0 Å². The van der Waals surface area contributed by atoms with Crippen molar-refractivity contribution in [3.05, 3.63) is 42.1 Å². The van der Waals surface area contributed by atoms with Gasteiger partial charge in [0.1, 0.15) is 5.69 Å². The summed E-state index contributed by atoms with van der Waals surface area (Å²) >= 11 is 0. The molecule has 3 rings (SSSR count). The van der Waals surface area contributed by atoms with Gasteiger partial charge in [0.2, 0.25) is 0 Å². The SMILES string of the molecule is O=C(NCCN1CCCOC1=O)c1cc(-c2ccccc2)n[nH]1. The molecule has 0 unspecified atom stereocenters. The van der Waals surface area contributed by atoms with E-state index in [1.54, 1.807) is 11.0 Å². The zero-order valence-corrected chi connectivity index (χ0v) is 12.6. The summed E-state index contributed by atoms with van der Waals surface area (Å²) in [6.45, 7) is 1.94. The van der Waals surface area contributed by atoms with E-state index in [4.69, 9.17) is 4.74 Å². The average molecular weight is 314 g/mol. The van der Waals surface area contributed by atoms with Gasteiger partial charge in [0.05, 0.1) is 12.3 Å². The van der Waals surface area contributed by atoms with E-state index >= 15 is 0 Å². The van der Waals surface area contributed by atoms with Gasteiger partial charge in [0.15, 0.2) is 0 Å². The molecular weight excluding hydrogens is 296 g/mol. The van der Waals surface area contributed by atoms with E-state index < -0.39 is 0 Å². The maximum Gasteiger partial charge on any atom is 0.409 e. The number of cyclic esters (lactones) is 1. The molecule has 2 heterocycles. The Morgan fingerprint density at radius 1 is 1.35 bits per heavy atom. The monoisotopic (exact) mass is 314 g/mol. The fourth-order valence-corrected chi connectivity index (χ4v) is 2.40. The summed E-state index contributed by atoms with van der Waals surface area (Å²) in [5, 5.41) is 9.65. The number of rotatable bonds is 5. The van der Waals surface area contributed by atoms with Gasteiger partial charge in [-0.05, 0) is 12.5 Å². The van der Waals surface area contributed by atoms with E-state index in [-0.39, 0.29) is 12.0 Å². The van der Waals surface area contributed by atoms with Crippen molar-refractivity contribution in [2.24, 2.45) is 0 Å². The lowest BCUT2D eigenvalue weighted by molar-refractivity contribution is 0.0719. The second-order valence-corrected chi connectivity index (χ2v) is 5.24. The molecule has 0 radical (unpaired) electrons. The van der Waals surface area contributed by atoms with Crippen LogP contribution in [0.25, 0.3) is 11.3 Å². The molecule has 2 N–H and O–H groups in total. The predicted octanol–water partition coefficient (Wildman–Crippen LogP) is 1.65. The summed E-state index contributed by atoms with van der Waals surface area (Å²) in [7, 11) is 0. The van der Waals surface area contributed by atoms with Crippen LogP contribution in [0.4, 0.5) is 4.79 Å². The van der Waals surface area contributed by atoms with Gasteiger partial charge in [-0.3, -0.25) is 9.89 Å². The highest BCUT2D eigenvalue weighted by molar-refractivity contribution is 5.93. The number of carbonyl (C=O) groups is 2. The molecule has 2 amide bonds. The Kier molecular flexibility index (Phi) is 4.56. The highest BCUT2D eigenvalue weighted by Gasteiger charge is 2.19. The zero-order valence-electron chi connectivity index (χ0n) is 12.6. The van der Waals surface area contributed by atoms with Gasteiger partial charge in [-0.25, -0.2) is 4.79 Å². The summed E-state index contributed by atoms with van der Waals surface area (Å²) in [6, 6.07) is 11.3. The lowest BCUT2D eigenvalue weighted by Gasteiger charge is -2.26. The smallest absolute Gasteiger partial charge is 0.409 e. The van der Waals surface area contributed by atoms with Gasteiger partial charge in [0.25, 0.3) is 5.91 Å². The van der Waals surface area contributed by atoms with Gasteiger partial charge in [-0.1, -0.05) is 30.3 Å². The largest absolute Gasteiger partial charge is 0.449 e. The molecule has 0 aliphatic carbocycles. The Hall–Kier alpha value is -2.83. The molecule has 7 heteroatoms. The highest BCUT2D eigenvalue weighted by Crippen LogP contribution is 2.16. The number of nitrogens with zero attached hydrogens (tertiary/aromatic N) is 2. The number of amides is 2. The van der Waals surface area contributed by atoms with E-state index in [1.807, 2.05) is 30.3 Å². The number of hydrogen-bond acceptors (Lipinski definition) is 4. The highest BCUT2D eigenvalue weighted by atomic mass is 16.6. The van der Waals surface area contributed by atoms with Crippen LogP contribution < -0.4 is 5.32 Å². The molecule has 0 saturated carbocycles. The average Bonchev–Trinajstić information content (AvgIpc) is 3.07. The Bertz CT molecular complexity index is 684. The van der Waals surface area contributed by atoms with Crippen LogP contribution in [-0.4, -0.2) is 53.3 Å². The van der Waals surface area contributed by atoms with Gasteiger partial charge >= 0.3 is 6.09 Å². The third-order valence-electron chi connectivity index (χ3n) is 3.62. The van der Waals surface area contributed by atoms with Crippen LogP contribution >= 0.6 is 0 Å². The van der Waals surface area contributed by atoms with Crippen LogP contribution in [0.3, 0.4) is 0 Å². The Morgan fingerprint density at radius 2 is 2.17 bits per heavy atom. The van der Waals surface area contributed by atoms with Gasteiger partial charge in [-0.15, -0.1) is 0 Å². The molecule has 0 spiro atoms. The Labute approximate surface area is 133 Å². The van der Waals surface area contributed by atoms with Crippen LogP contribution in [0.1, 0.15) is 16.9 Å². The number of benzene rings is 1. The summed E-state index contributed by atoms with van der Waals surface area (Å²) in [4.78, 5) is 25.2. The van der Waals surface area contributed by atoms with E-state index in [2.05, 4.69) is 15.5 Å². The van der Waals surface area contributed by atoms with Gasteiger partial charge in [0, 0.05) is 25.2 Å². The van der Waals surface area contributed by atoms with Crippen LogP contribution in [0.15, 0.2) is 36.4 Å². The molecule has 1 fully saturated rings. The standard InChI is InChI=1S/C16H18N4O3/c21-15(17-7-9-20-8-4-10-23-16(20)22)14-11-13(18-19-14)12-5-2-1-3-6-12/h1-3,5-6,11H,4,7-10H2,(H,17,21)(H,18,19). The number of hydrogen-bond donors (Lipinski definition) is 2. The van der Waals surface area contributed by atoms with Crippen molar-refractivity contribution in [3.63, 3.8) is 0 Å². The lowest BCUT2D eigenvalue weighted by Crippen LogP contribution is -2.42. The first-order valence-corrected chi connectivity index (χ1v) is 7.55. The molecule has 1 aromatic heterocycles. The second kappa shape index (κ2) is 6.95. The molecule has 1 aliphatic rings. The van der Waals surface area contributed by atoms with Gasteiger partial charge < -0.3 is 15.0 Å². The van der Waals surface area contributed by atoms with E-state index in [0.29, 0.717) is 31.9 Å². The Balaban J connectivity index is 1.53. The minimum Gasteiger partial charge on any atom is -0.449 e. The second-order valence-electron chi connectivity index (χ2n) is 5.24. The van der Waals surface area contributed by atoms with Crippen molar-refractivity contribution in [1.29, 1.82) is 0 Å². The molecule has 1 aliphatic heterocycles. The zero-order chi connectivity index (χ0) is 16.1. The fourth-order valence-electron chi connectivity index (χ4n) is 2.40. The maximum atomic E-state index is 12.1. The normalized spacial score (nSPS) is 14.4. The lowest BCUT2D eigenvalue weighted by atomic mass is 10.1. The molecule has 23 heavy (non-hydrogen) atoms. The van der Waals surface area contributed by atoms with Crippen molar-refractivity contribution in [1.82, 2.24) is 20.4 Å². The quantitative estimate of drug-likeness (QED) is 0.878. The molecule has 120 valence electrons. The molecule has 1 saturated heterocycles. The first-order valence-electron chi connectivity index (χ1n) is 7.55. The van der Waals surface area contributed by atoms with Crippen molar-refractivity contribution >= 4 is 12.0 Å². The molecular formula is C16H18N4O3. The third-order valence-corrected chi connectivity index (χ3v) is 3.62. The number of aromatic nitrogens is 2. The van der Waals surface area contributed by atoms with E-state index in [9.17, 15) is 9.59 Å². The number of nitrogens with one attached hydrogen (secondary N) is 2. The topological polar surface area (TPSA) is 87.3 Å². The predicted molar refractivity (Wildman–Crippen MR) is 83.9 cm³/mol. The van der Waals surface area contributed by atoms with Crippen molar-refractivity contribution in [2.75, 3.05) is 26.2 Å². The molecule has 0 bridgehead atoms. The maximum absolute atomic E-state index is 12.1. The fraction of sp³-hybridized carbons (Fsp3) is 0.312. The summed E-state index contributed by atoms with van der Waals surface area (Å²) in [5.41, 5.74) is 2.05. The van der Waals surface area contributed by atoms with Crippen LogP contribution in [-0.2, 0) is 4.74 Å². The summed E-state index contributed by atoms with van der Waals surface area (Å²) < 4.78 is 4.94. The minimum absolute atomic E-state index is 0.245. The molecule has 0 atom stereocenters. The minimum atomic E-state index is -0.321. The third kappa shape index (κ3) is 3.68. The van der Waals surface area contributed by atoms with E-state index in [1.165, 1.54) is 0 Å². The first kappa shape index (κ1) is 15.1. The van der Waals surface area contributed by atoms with Crippen molar-refractivity contribution < 1.29 is 14.3 Å². The van der Waals surface area contributed by atoms with Crippen molar-refractivity contribution in [2.45, 2.75) is 6.42 Å². The summed E-state index contributed by atoms with van der Waals surface area (Å²) in [6.07, 6.45) is 0.499.